The van der Waals surface area contributed by atoms with E-state index in [1.165, 1.54) is 66.8 Å². The second kappa shape index (κ2) is 17.0. The number of thioether (sulfide) groups is 1. The zero-order valence-corrected chi connectivity index (χ0v) is 35.8. The highest BCUT2D eigenvalue weighted by Crippen LogP contribution is 2.36. The zero-order chi connectivity index (χ0) is 43.9. The van der Waals surface area contributed by atoms with E-state index < -0.39 is 34.1 Å². The predicted octanol–water partition coefficient (Wildman–Crippen LogP) is 4.97. The minimum Gasteiger partial charge on any atom is -0.289 e. The van der Waals surface area contributed by atoms with Crippen LogP contribution >= 0.6 is 24.4 Å². The van der Waals surface area contributed by atoms with Crippen LogP contribution in [0, 0.1) is 13.8 Å². The van der Waals surface area contributed by atoms with Crippen LogP contribution in [0.25, 0.3) is 22.1 Å². The minimum atomic E-state index is -0.635. The second-order valence-electron chi connectivity index (χ2n) is 14.2. The van der Waals surface area contributed by atoms with E-state index in [2.05, 4.69) is 35.6 Å². The molecule has 0 N–H and O–H groups in total. The van der Waals surface area contributed by atoms with Crippen LogP contribution in [0.5, 0.6) is 0 Å². The van der Waals surface area contributed by atoms with Crippen molar-refractivity contribution in [1.82, 2.24) is 28.2 Å². The van der Waals surface area contributed by atoms with Gasteiger partial charge in [-0.25, -0.2) is 19.6 Å². The fourth-order valence-corrected chi connectivity index (χ4v) is 8.29. The molecule has 0 fully saturated rings. The summed E-state index contributed by atoms with van der Waals surface area (Å²) in [6.45, 7) is 7.62. The Hall–Kier alpha value is -6.52. The first-order chi connectivity index (χ1) is 28.4. The Morgan fingerprint density at radius 1 is 0.583 bits per heavy atom. The second-order valence-corrected chi connectivity index (χ2v) is 15.8. The third-order valence-corrected chi connectivity index (χ3v) is 11.3. The van der Waals surface area contributed by atoms with Crippen molar-refractivity contribution < 1.29 is 19.2 Å². The Kier molecular flexibility index (Phi) is 12.2. The van der Waals surface area contributed by atoms with Gasteiger partial charge in [0.2, 0.25) is 5.78 Å². The summed E-state index contributed by atoms with van der Waals surface area (Å²) in [5, 5.41) is 0.0144. The van der Waals surface area contributed by atoms with Crippen LogP contribution in [0.15, 0.2) is 101 Å². The maximum Gasteiger partial charge on any atom is 0.332 e. The van der Waals surface area contributed by atoms with Crippen molar-refractivity contribution in [2.45, 2.75) is 50.3 Å². The summed E-state index contributed by atoms with van der Waals surface area (Å²) >= 11 is 5.37. The molecule has 6 aromatic rings. The largest absolute Gasteiger partial charge is 0.332 e. The van der Waals surface area contributed by atoms with Gasteiger partial charge in [0.05, 0.1) is 49.3 Å². The topological polar surface area (TPSA) is 182 Å². The van der Waals surface area contributed by atoms with E-state index in [1.54, 1.807) is 6.92 Å². The van der Waals surface area contributed by atoms with Crippen LogP contribution < -0.4 is 22.5 Å². The molecule has 2 aromatic carbocycles. The molecule has 2 aliphatic rings. The molecule has 306 valence electrons. The molecule has 0 saturated heterocycles. The number of hydrogen-bond acceptors (Lipinski definition) is 12. The quantitative estimate of drug-likeness (QED) is 0.237. The number of hydrogen-bond donors (Lipinski definition) is 1. The van der Waals surface area contributed by atoms with E-state index in [0.29, 0.717) is 24.2 Å². The van der Waals surface area contributed by atoms with Gasteiger partial charge in [0, 0.05) is 44.1 Å². The monoisotopic (exact) mass is 844 g/mol. The number of pyridine rings is 2. The summed E-state index contributed by atoms with van der Waals surface area (Å²) in [5.41, 5.74) is 1.43. The minimum absolute atomic E-state index is 0.000931. The van der Waals surface area contributed by atoms with Crippen molar-refractivity contribution in [2.75, 3.05) is 0 Å². The van der Waals surface area contributed by atoms with Crippen LogP contribution in [0.2, 0.25) is 0 Å². The molecule has 60 heavy (non-hydrogen) atoms. The maximum atomic E-state index is 13.4. The van der Waals surface area contributed by atoms with Crippen molar-refractivity contribution in [3.63, 3.8) is 0 Å². The van der Waals surface area contributed by atoms with E-state index in [0.717, 1.165) is 30.6 Å². The first-order valence-electron chi connectivity index (χ1n) is 18.7. The lowest BCUT2D eigenvalue weighted by Gasteiger charge is -2.20. The summed E-state index contributed by atoms with van der Waals surface area (Å²) < 4.78 is 4.28. The zero-order valence-electron chi connectivity index (χ0n) is 34.1. The number of allylic oxidation sites excluding steroid dienone is 4. The van der Waals surface area contributed by atoms with E-state index in [4.69, 9.17) is 0 Å². The maximum absolute atomic E-state index is 13.4. The summed E-state index contributed by atoms with van der Waals surface area (Å²) in [4.78, 5) is 111. The molecule has 4 aromatic heterocycles. The van der Waals surface area contributed by atoms with Gasteiger partial charge in [0.1, 0.15) is 11.3 Å². The van der Waals surface area contributed by atoms with Crippen molar-refractivity contribution >= 4 is 69.6 Å². The molecule has 0 unspecified atom stereocenters. The van der Waals surface area contributed by atoms with Crippen molar-refractivity contribution in [2.24, 2.45) is 28.2 Å². The lowest BCUT2D eigenvalue weighted by molar-refractivity contribution is 0.0991. The SMILES string of the molecule is CCc1nc2c(c3c1C(=O)C(Sc1cccc(C)c1)=CC3=O)c(=O)n(C)c(=O)n2C.CCc1nc2c(c3c1C(=O)C=CC3=O)c(=O)n(C)c(=O)n2C.Cc1cccc(S)c1. The van der Waals surface area contributed by atoms with Crippen LogP contribution in [-0.2, 0) is 41.0 Å². The molecule has 16 heteroatoms. The van der Waals surface area contributed by atoms with E-state index in [-0.39, 0.29) is 60.8 Å². The number of ketones is 4. The Labute approximate surface area is 352 Å². The van der Waals surface area contributed by atoms with E-state index >= 15 is 0 Å². The van der Waals surface area contributed by atoms with Gasteiger partial charge < -0.3 is 0 Å². The number of aryl methyl sites for hydroxylation is 6. The van der Waals surface area contributed by atoms with Gasteiger partial charge in [-0.15, -0.1) is 12.6 Å². The number of carbonyl (C=O) groups is 4. The van der Waals surface area contributed by atoms with Gasteiger partial charge in [0.25, 0.3) is 11.1 Å². The van der Waals surface area contributed by atoms with Crippen molar-refractivity contribution in [1.29, 1.82) is 0 Å². The smallest absolute Gasteiger partial charge is 0.289 e. The molecule has 8 rings (SSSR count). The van der Waals surface area contributed by atoms with Gasteiger partial charge in [0.15, 0.2) is 17.3 Å². The van der Waals surface area contributed by atoms with Crippen LogP contribution in [0.1, 0.15) is 77.8 Å². The lowest BCUT2D eigenvalue weighted by Crippen LogP contribution is -2.39. The van der Waals surface area contributed by atoms with Gasteiger partial charge in [-0.2, -0.15) is 0 Å². The number of Topliss-reactive ketones (excluding diaryl/α,β-unsaturated/α-hetero) is 1. The number of nitrogens with zero attached hydrogens (tertiary/aromatic N) is 6. The fraction of sp³-hybridized carbons (Fsp3) is 0.227. The molecular weight excluding hydrogens is 805 g/mol. The van der Waals surface area contributed by atoms with Crippen LogP contribution in [0.4, 0.5) is 0 Å². The van der Waals surface area contributed by atoms with Crippen LogP contribution in [0.3, 0.4) is 0 Å². The average Bonchev–Trinajstić information content (AvgIpc) is 3.22. The number of fused-ring (bicyclic) bond motifs is 6. The fourth-order valence-electron chi connectivity index (χ4n) is 6.99. The molecule has 0 bridgehead atoms. The van der Waals surface area contributed by atoms with Gasteiger partial charge >= 0.3 is 11.4 Å². The molecule has 2 aliphatic carbocycles. The Balaban J connectivity index is 0.000000175. The number of thiol groups is 1. The van der Waals surface area contributed by atoms with Crippen LogP contribution in [-0.4, -0.2) is 51.4 Å². The molecule has 0 spiro atoms. The van der Waals surface area contributed by atoms with E-state index in [1.807, 2.05) is 56.3 Å². The highest BCUT2D eigenvalue weighted by Gasteiger charge is 2.34. The van der Waals surface area contributed by atoms with Gasteiger partial charge in [-0.1, -0.05) is 61.0 Å². The van der Waals surface area contributed by atoms with Crippen molar-refractivity contribution in [3.8, 4) is 0 Å². The number of rotatable bonds is 4. The third kappa shape index (κ3) is 7.71. The normalized spacial score (nSPS) is 13.1. The number of carbonyl (C=O) groups excluding carboxylic acids is 4. The van der Waals surface area contributed by atoms with Gasteiger partial charge in [-0.05, 0) is 63.1 Å². The molecule has 0 aliphatic heterocycles. The average molecular weight is 845 g/mol. The number of benzene rings is 2. The molecule has 14 nitrogen and oxygen atoms in total. The first-order valence-corrected chi connectivity index (χ1v) is 20.0. The molecular formula is C44H40N6O8S2. The lowest BCUT2D eigenvalue weighted by atomic mass is 9.90. The molecule has 0 radical (unpaired) electrons. The predicted molar refractivity (Wildman–Crippen MR) is 233 cm³/mol. The summed E-state index contributed by atoms with van der Waals surface area (Å²) in [6.07, 6.45) is 4.40. The van der Waals surface area contributed by atoms with Crippen molar-refractivity contribution in [3.05, 3.63) is 158 Å². The molecule has 0 atom stereocenters. The van der Waals surface area contributed by atoms with Gasteiger partial charge in [-0.3, -0.25) is 47.0 Å². The summed E-state index contributed by atoms with van der Waals surface area (Å²) in [7, 11) is 5.64. The van der Waals surface area contributed by atoms with E-state index in [9.17, 15) is 38.4 Å². The molecule has 0 saturated carbocycles. The summed E-state index contributed by atoms with van der Waals surface area (Å²) in [5.74, 6) is -1.54. The standard InChI is InChI=1S/C22H19N3O4S.C15H13N3O4.C7H8S/c1-5-13-16-17(18-20(23-13)24(3)22(29)25(4)21(18)28)14(26)10-15(19(16)27)30-12-8-6-7-11(2)9-12;1-4-7-10-8(19)5-6-9(20)11(10)12-13(16-7)17(2)15(22)18(3)14(12)21;1-6-3-2-4-7(8)5-6/h6-10H,5H2,1-4H3;5-6H,4H2,1-3H3;2-5,8H,1H3. The third-order valence-electron chi connectivity index (χ3n) is 10.1. The Bertz CT molecular complexity index is 3170. The molecule has 4 heterocycles. The molecule has 0 amide bonds. The summed E-state index contributed by atoms with van der Waals surface area (Å²) in [6, 6.07) is 15.7. The highest BCUT2D eigenvalue weighted by atomic mass is 32.2. The first kappa shape index (κ1) is 43.1. The highest BCUT2D eigenvalue weighted by molar-refractivity contribution is 8.04. The Morgan fingerprint density at radius 2 is 1.05 bits per heavy atom. The Morgan fingerprint density at radius 3 is 1.52 bits per heavy atom. The number of aromatic nitrogens is 6.